The number of piperazine rings is 1. The third-order valence-electron chi connectivity index (χ3n) is 6.32. The van der Waals surface area contributed by atoms with Crippen molar-refractivity contribution in [3.8, 4) is 0 Å². The van der Waals surface area contributed by atoms with Crippen molar-refractivity contribution < 1.29 is 13.2 Å². The molecule has 10 nitrogen and oxygen atoms in total. The number of carbonyl (C=O) groups is 1. The summed E-state index contributed by atoms with van der Waals surface area (Å²) < 4.78 is 28.4. The molecule has 37 heavy (non-hydrogen) atoms. The van der Waals surface area contributed by atoms with Gasteiger partial charge in [0, 0.05) is 66.8 Å². The molecule has 1 fully saturated rings. The Morgan fingerprint density at radius 3 is 2.51 bits per heavy atom. The van der Waals surface area contributed by atoms with E-state index in [1.54, 1.807) is 60.9 Å². The summed E-state index contributed by atoms with van der Waals surface area (Å²) >= 11 is 0. The van der Waals surface area contributed by atoms with Crippen molar-refractivity contribution in [3.05, 3.63) is 84.8 Å². The molecule has 2 N–H and O–H groups in total. The predicted octanol–water partition coefficient (Wildman–Crippen LogP) is 3.01. The normalized spacial score (nSPS) is 14.2. The van der Waals surface area contributed by atoms with Gasteiger partial charge in [0.15, 0.2) is 5.65 Å². The Balaban J connectivity index is 1.29. The maximum absolute atomic E-state index is 13.6. The zero-order valence-electron chi connectivity index (χ0n) is 19.7. The van der Waals surface area contributed by atoms with Crippen LogP contribution in [0.4, 0.5) is 11.6 Å². The lowest BCUT2D eigenvalue weighted by atomic mass is 10.1. The van der Waals surface area contributed by atoms with E-state index in [0.717, 1.165) is 22.4 Å². The number of hydrogen-bond donors (Lipinski definition) is 2. The van der Waals surface area contributed by atoms with Crippen molar-refractivity contribution in [2.75, 3.05) is 31.5 Å². The van der Waals surface area contributed by atoms with Crippen molar-refractivity contribution >= 4 is 49.5 Å². The molecule has 0 spiro atoms. The smallest absolute Gasteiger partial charge is 0.271 e. The first-order valence-electron chi connectivity index (χ1n) is 11.8. The van der Waals surface area contributed by atoms with Crippen molar-refractivity contribution in [1.82, 2.24) is 29.1 Å². The van der Waals surface area contributed by atoms with Gasteiger partial charge < -0.3 is 15.5 Å². The second-order valence-corrected chi connectivity index (χ2v) is 10.4. The van der Waals surface area contributed by atoms with Gasteiger partial charge in [0.05, 0.1) is 5.52 Å². The number of rotatable bonds is 5. The molecule has 0 aliphatic carbocycles. The second kappa shape index (κ2) is 9.26. The second-order valence-electron chi connectivity index (χ2n) is 8.66. The molecule has 1 saturated heterocycles. The Kier molecular flexibility index (Phi) is 5.78. The van der Waals surface area contributed by atoms with Gasteiger partial charge in [0.2, 0.25) is 5.95 Å². The van der Waals surface area contributed by atoms with Gasteiger partial charge in [-0.3, -0.25) is 9.78 Å². The number of para-hydroxylation sites is 1. The number of hydrogen-bond acceptors (Lipinski definition) is 8. The molecule has 6 rings (SSSR count). The first kappa shape index (κ1) is 23.1. The van der Waals surface area contributed by atoms with E-state index >= 15 is 0 Å². The summed E-state index contributed by atoms with van der Waals surface area (Å²) in [5.74, 6) is 0.233. The lowest BCUT2D eigenvalue weighted by Crippen LogP contribution is -2.46. The van der Waals surface area contributed by atoms with E-state index in [1.165, 1.54) is 6.20 Å². The number of pyridine rings is 1. The fourth-order valence-electron chi connectivity index (χ4n) is 4.42. The topological polar surface area (TPSA) is 122 Å². The van der Waals surface area contributed by atoms with Crippen molar-refractivity contribution in [2.24, 2.45) is 0 Å². The SMILES string of the molecule is O=C(c1ccc(Nc2ncc3ccn(S(=O)(=O)c4cccc5cccnc45)c3n2)cc1)N1CCNCC1. The Hall–Kier alpha value is -4.35. The van der Waals surface area contributed by atoms with E-state index in [1.807, 2.05) is 17.0 Å². The molecule has 186 valence electrons. The summed E-state index contributed by atoms with van der Waals surface area (Å²) in [5, 5.41) is 7.66. The van der Waals surface area contributed by atoms with Gasteiger partial charge in [0.25, 0.3) is 15.9 Å². The zero-order chi connectivity index (χ0) is 25.4. The minimum atomic E-state index is -3.97. The van der Waals surface area contributed by atoms with Crippen LogP contribution in [0.25, 0.3) is 21.9 Å². The summed E-state index contributed by atoms with van der Waals surface area (Å²) in [6.07, 6.45) is 4.61. The number of carbonyl (C=O) groups excluding carboxylic acids is 1. The molecule has 5 aromatic rings. The van der Waals surface area contributed by atoms with E-state index in [-0.39, 0.29) is 22.4 Å². The monoisotopic (exact) mass is 513 g/mol. The van der Waals surface area contributed by atoms with Gasteiger partial charge in [-0.25, -0.2) is 17.4 Å². The molecular formula is C26H23N7O3S. The molecule has 0 saturated carbocycles. The highest BCUT2D eigenvalue weighted by molar-refractivity contribution is 7.90. The van der Waals surface area contributed by atoms with Gasteiger partial charge in [-0.2, -0.15) is 4.98 Å². The van der Waals surface area contributed by atoms with Gasteiger partial charge >= 0.3 is 0 Å². The van der Waals surface area contributed by atoms with Gasteiger partial charge in [0.1, 0.15) is 4.90 Å². The molecule has 1 aliphatic heterocycles. The molecule has 2 aromatic carbocycles. The zero-order valence-corrected chi connectivity index (χ0v) is 20.5. The van der Waals surface area contributed by atoms with E-state index in [2.05, 4.69) is 25.6 Å². The van der Waals surface area contributed by atoms with Crippen LogP contribution >= 0.6 is 0 Å². The highest BCUT2D eigenvalue weighted by Gasteiger charge is 2.23. The summed E-state index contributed by atoms with van der Waals surface area (Å²) in [6.45, 7) is 2.95. The average Bonchev–Trinajstić information content (AvgIpc) is 3.37. The summed E-state index contributed by atoms with van der Waals surface area (Å²) in [4.78, 5) is 27.7. The van der Waals surface area contributed by atoms with Gasteiger partial charge in [-0.1, -0.05) is 18.2 Å². The molecule has 0 radical (unpaired) electrons. The van der Waals surface area contributed by atoms with Crippen molar-refractivity contribution in [2.45, 2.75) is 4.90 Å². The number of nitrogens with zero attached hydrogens (tertiary/aromatic N) is 5. The number of aromatic nitrogens is 4. The summed E-state index contributed by atoms with van der Waals surface area (Å²) in [7, 11) is -3.97. The van der Waals surface area contributed by atoms with Crippen LogP contribution in [0, 0.1) is 0 Å². The minimum Gasteiger partial charge on any atom is -0.336 e. The van der Waals surface area contributed by atoms with E-state index < -0.39 is 10.0 Å². The lowest BCUT2D eigenvalue weighted by molar-refractivity contribution is 0.0736. The van der Waals surface area contributed by atoms with Crippen LogP contribution in [0.5, 0.6) is 0 Å². The maximum Gasteiger partial charge on any atom is 0.271 e. The lowest BCUT2D eigenvalue weighted by Gasteiger charge is -2.27. The predicted molar refractivity (Wildman–Crippen MR) is 140 cm³/mol. The molecule has 0 atom stereocenters. The largest absolute Gasteiger partial charge is 0.336 e. The number of nitrogens with one attached hydrogen (secondary N) is 2. The maximum atomic E-state index is 13.6. The van der Waals surface area contributed by atoms with Crippen molar-refractivity contribution in [1.29, 1.82) is 0 Å². The molecule has 11 heteroatoms. The Morgan fingerprint density at radius 2 is 1.70 bits per heavy atom. The van der Waals surface area contributed by atoms with Crippen LogP contribution in [-0.2, 0) is 10.0 Å². The van der Waals surface area contributed by atoms with Crippen LogP contribution in [0.15, 0.2) is 84.1 Å². The molecule has 3 aromatic heterocycles. The molecule has 1 amide bonds. The van der Waals surface area contributed by atoms with Crippen LogP contribution in [-0.4, -0.2) is 64.3 Å². The Bertz CT molecular complexity index is 1720. The van der Waals surface area contributed by atoms with Gasteiger partial charge in [-0.15, -0.1) is 0 Å². The average molecular weight is 514 g/mol. The first-order valence-corrected chi connectivity index (χ1v) is 13.3. The van der Waals surface area contributed by atoms with Crippen LogP contribution < -0.4 is 10.6 Å². The first-order chi connectivity index (χ1) is 18.0. The molecule has 1 aliphatic rings. The number of benzene rings is 2. The van der Waals surface area contributed by atoms with E-state index in [9.17, 15) is 13.2 Å². The van der Waals surface area contributed by atoms with E-state index in [0.29, 0.717) is 35.2 Å². The summed E-state index contributed by atoms with van der Waals surface area (Å²) in [5.41, 5.74) is 1.92. The third kappa shape index (κ3) is 4.28. The minimum absolute atomic E-state index is 0.00307. The molecule has 0 bridgehead atoms. The quantitative estimate of drug-likeness (QED) is 0.368. The fraction of sp³-hybridized carbons (Fsp3) is 0.154. The molecular weight excluding hydrogens is 490 g/mol. The molecule has 0 unspecified atom stereocenters. The highest BCUT2D eigenvalue weighted by atomic mass is 32.2. The Labute approximate surface area is 213 Å². The van der Waals surface area contributed by atoms with Crippen LogP contribution in [0.2, 0.25) is 0 Å². The summed E-state index contributed by atoms with van der Waals surface area (Å²) in [6, 6.07) is 17.4. The fourth-order valence-corrected chi connectivity index (χ4v) is 5.89. The van der Waals surface area contributed by atoms with Crippen molar-refractivity contribution in [3.63, 3.8) is 0 Å². The highest BCUT2D eigenvalue weighted by Crippen LogP contribution is 2.26. The number of fused-ring (bicyclic) bond motifs is 2. The number of amides is 1. The standard InChI is InChI=1S/C26H23N7O3S/c34-25(32-15-12-27-13-16-32)19-6-8-21(9-7-19)30-26-29-17-20-10-14-33(24(20)31-26)37(35,36)22-5-1-3-18-4-2-11-28-23(18)22/h1-11,14,17,27H,12-13,15-16H2,(H,29,30,31). The number of anilines is 2. The molecule has 4 heterocycles. The third-order valence-corrected chi connectivity index (χ3v) is 8.02. The Morgan fingerprint density at radius 1 is 0.919 bits per heavy atom. The van der Waals surface area contributed by atoms with E-state index in [4.69, 9.17) is 0 Å². The van der Waals surface area contributed by atoms with Gasteiger partial charge in [-0.05, 0) is 42.5 Å². The van der Waals surface area contributed by atoms with Crippen LogP contribution in [0.1, 0.15) is 10.4 Å². The van der Waals surface area contributed by atoms with Crippen LogP contribution in [0.3, 0.4) is 0 Å².